The zero-order valence-electron chi connectivity index (χ0n) is 15.0. The van der Waals surface area contributed by atoms with Crippen LogP contribution < -0.4 is 0 Å². The Bertz CT molecular complexity index is 789. The highest BCUT2D eigenvalue weighted by atomic mass is 19.5. The lowest BCUT2D eigenvalue weighted by Crippen LogP contribution is -2.81. The Labute approximate surface area is 177 Å². The first-order valence-corrected chi connectivity index (χ1v) is 7.19. The Morgan fingerprint density at radius 1 is 0.250 bits per heavy atom. The van der Waals surface area contributed by atoms with Crippen LogP contribution in [0.4, 0.5) is 105 Å². The number of halogens is 24. The summed E-state index contributed by atoms with van der Waals surface area (Å²) >= 11 is 0. The molecule has 0 aliphatic heterocycles. The largest absolute Gasteiger partial charge is 0.460 e. The summed E-state index contributed by atoms with van der Waals surface area (Å²) in [5.74, 6) is -45.5. The van der Waals surface area contributed by atoms with Crippen molar-refractivity contribution in [3.8, 4) is 0 Å². The van der Waals surface area contributed by atoms with Crippen LogP contribution in [0.15, 0.2) is 0 Å². The van der Waals surface area contributed by atoms with Gasteiger partial charge in [-0.25, -0.2) is 0 Å². The molecule has 1 unspecified atom stereocenters. The molecule has 1 atom stereocenters. The van der Waals surface area contributed by atoms with Crippen molar-refractivity contribution in [3.05, 3.63) is 0 Å². The van der Waals surface area contributed by atoms with Crippen molar-refractivity contribution in [2.45, 2.75) is 66.0 Å². The van der Waals surface area contributed by atoms with Gasteiger partial charge >= 0.3 is 66.0 Å². The van der Waals surface area contributed by atoms with Crippen LogP contribution in [0.5, 0.6) is 0 Å². The minimum atomic E-state index is -9.65. The van der Waals surface area contributed by atoms with Gasteiger partial charge in [-0.3, -0.25) is 4.74 Å². The first-order chi connectivity index (χ1) is 15.0. The van der Waals surface area contributed by atoms with E-state index in [9.17, 15) is 105 Å². The van der Waals surface area contributed by atoms with Gasteiger partial charge in [-0.1, -0.05) is 0 Å². The van der Waals surface area contributed by atoms with Crippen molar-refractivity contribution in [3.63, 3.8) is 0 Å². The average molecular weight is 604 g/mol. The smallest absolute Gasteiger partial charge is 0.287 e. The molecule has 0 radical (unpaired) electrons. The molecule has 0 aliphatic carbocycles. The Hall–Kier alpha value is -1.72. The van der Waals surface area contributed by atoms with Crippen molar-refractivity contribution in [2.75, 3.05) is 0 Å². The van der Waals surface area contributed by atoms with Gasteiger partial charge < -0.3 is 0 Å². The second kappa shape index (κ2) is 8.14. The van der Waals surface area contributed by atoms with E-state index in [4.69, 9.17) is 0 Å². The van der Waals surface area contributed by atoms with Gasteiger partial charge in [0.25, 0.3) is 0 Å². The molecule has 0 aromatic heterocycles. The van der Waals surface area contributed by atoms with Crippen molar-refractivity contribution in [1.29, 1.82) is 0 Å². The molecule has 25 heteroatoms. The van der Waals surface area contributed by atoms with Gasteiger partial charge in [0.2, 0.25) is 0 Å². The molecule has 0 aromatic carbocycles. The lowest BCUT2D eigenvalue weighted by molar-refractivity contribution is -0.546. The van der Waals surface area contributed by atoms with Crippen molar-refractivity contribution >= 4 is 0 Å². The predicted molar refractivity (Wildman–Crippen MR) is 57.7 cm³/mol. The van der Waals surface area contributed by atoms with Crippen LogP contribution in [-0.2, 0) is 4.74 Å². The Morgan fingerprint density at radius 2 is 0.500 bits per heavy atom. The SMILES string of the molecule is FC(F)(F)C(F)(F)C(F)(F)C(F)(F)OC(C(F)(F)F)(C(F)(F)C(F)(F)F)C(F)(F)C(F)(F)C(F)(F)F. The Balaban J connectivity index is 7.99. The standard InChI is InChI=1S/C11F24O/c12-2(13,4(16,17)9(28,29)30)1(7(22,23)24,3(14,15)8(25,26)27)36-11(34,35)6(20,21)5(18,19)10(31,32)33. The fraction of sp³-hybridized carbons (Fsp3) is 1.00. The van der Waals surface area contributed by atoms with E-state index in [-0.39, 0.29) is 0 Å². The molecule has 1 nitrogen and oxygen atoms in total. The van der Waals surface area contributed by atoms with Crippen molar-refractivity contribution in [2.24, 2.45) is 0 Å². The van der Waals surface area contributed by atoms with E-state index in [2.05, 4.69) is 0 Å². The third kappa shape index (κ3) is 4.34. The maximum Gasteiger partial charge on any atom is 0.460 e. The van der Waals surface area contributed by atoms with Crippen molar-refractivity contribution < 1.29 is 110 Å². The van der Waals surface area contributed by atoms with E-state index in [0.717, 1.165) is 0 Å². The summed E-state index contributed by atoms with van der Waals surface area (Å²) in [6.45, 7) is 0. The van der Waals surface area contributed by atoms with Gasteiger partial charge in [0, 0.05) is 0 Å². The normalized spacial score (nSPS) is 18.3. The number of ether oxygens (including phenoxy) is 1. The van der Waals surface area contributed by atoms with Gasteiger partial charge in [-0.2, -0.15) is 105 Å². The monoisotopic (exact) mass is 604 g/mol. The topological polar surface area (TPSA) is 9.23 Å². The van der Waals surface area contributed by atoms with Crippen LogP contribution in [0.1, 0.15) is 0 Å². The molecule has 0 rings (SSSR count). The minimum absolute atomic E-state index is 0.686. The molecule has 0 fully saturated rings. The lowest BCUT2D eigenvalue weighted by Gasteiger charge is -2.49. The summed E-state index contributed by atoms with van der Waals surface area (Å²) in [6, 6.07) is 0. The fourth-order valence-corrected chi connectivity index (χ4v) is 1.96. The molecular weight excluding hydrogens is 604 g/mol. The number of rotatable bonds is 7. The Kier molecular flexibility index (Phi) is 7.75. The number of alkyl halides is 24. The summed E-state index contributed by atoms with van der Waals surface area (Å²) in [7, 11) is 0. The van der Waals surface area contributed by atoms with E-state index >= 15 is 0 Å². The molecule has 0 heterocycles. The molecule has 0 bridgehead atoms. The van der Waals surface area contributed by atoms with Gasteiger partial charge in [0.1, 0.15) is 0 Å². The predicted octanol–water partition coefficient (Wildman–Crippen LogP) is 7.76. The summed E-state index contributed by atoms with van der Waals surface area (Å²) in [5.41, 5.74) is -9.65. The highest BCUT2D eigenvalue weighted by molar-refractivity contribution is 5.19. The molecular formula is C11F24O. The minimum Gasteiger partial charge on any atom is -0.287 e. The second-order valence-corrected chi connectivity index (χ2v) is 6.16. The lowest BCUT2D eigenvalue weighted by atomic mass is 9.82. The molecule has 0 spiro atoms. The van der Waals surface area contributed by atoms with Crippen LogP contribution in [0, 0.1) is 0 Å². The molecule has 0 saturated heterocycles. The van der Waals surface area contributed by atoms with Gasteiger partial charge in [0.05, 0.1) is 0 Å². The molecule has 0 amide bonds. The van der Waals surface area contributed by atoms with Crippen molar-refractivity contribution in [1.82, 2.24) is 0 Å². The van der Waals surface area contributed by atoms with Gasteiger partial charge in [-0.05, 0) is 0 Å². The van der Waals surface area contributed by atoms with Crippen LogP contribution in [0.25, 0.3) is 0 Å². The van der Waals surface area contributed by atoms with Crippen LogP contribution in [0.3, 0.4) is 0 Å². The van der Waals surface area contributed by atoms with Crippen LogP contribution >= 0.6 is 0 Å². The van der Waals surface area contributed by atoms with Crippen LogP contribution in [0.2, 0.25) is 0 Å². The van der Waals surface area contributed by atoms with Crippen LogP contribution in [-0.4, -0.2) is 66.0 Å². The summed E-state index contributed by atoms with van der Waals surface area (Å²) in [6.07, 6.45) is -43.6. The molecule has 36 heavy (non-hydrogen) atoms. The first kappa shape index (κ1) is 34.3. The van der Waals surface area contributed by atoms with E-state index in [1.54, 1.807) is 0 Å². The zero-order chi connectivity index (χ0) is 30.2. The summed E-state index contributed by atoms with van der Waals surface area (Å²) in [4.78, 5) is 0. The molecule has 0 aliphatic rings. The van der Waals surface area contributed by atoms with E-state index in [0.29, 0.717) is 4.74 Å². The maximum absolute atomic E-state index is 13.7. The molecule has 0 aromatic rings. The third-order valence-corrected chi connectivity index (χ3v) is 3.79. The summed E-state index contributed by atoms with van der Waals surface area (Å²) in [5, 5.41) is 0. The van der Waals surface area contributed by atoms with E-state index in [1.807, 2.05) is 0 Å². The molecule has 218 valence electrons. The molecule has 0 N–H and O–H groups in total. The highest BCUT2D eigenvalue weighted by Crippen LogP contribution is 2.67. The molecule has 0 saturated carbocycles. The highest BCUT2D eigenvalue weighted by Gasteiger charge is 2.99. The second-order valence-electron chi connectivity index (χ2n) is 6.16. The van der Waals surface area contributed by atoms with E-state index in [1.165, 1.54) is 0 Å². The van der Waals surface area contributed by atoms with E-state index < -0.39 is 66.0 Å². The van der Waals surface area contributed by atoms with Gasteiger partial charge in [0.15, 0.2) is 0 Å². The summed E-state index contributed by atoms with van der Waals surface area (Å²) < 4.78 is 308. The average Bonchev–Trinajstić information content (AvgIpc) is 2.54. The quantitative estimate of drug-likeness (QED) is 0.270. The maximum atomic E-state index is 13.7. The number of hydrogen-bond donors (Lipinski definition) is 0. The Morgan fingerprint density at radius 3 is 0.722 bits per heavy atom. The van der Waals surface area contributed by atoms with Gasteiger partial charge in [-0.15, -0.1) is 0 Å². The third-order valence-electron chi connectivity index (χ3n) is 3.79. The first-order valence-electron chi connectivity index (χ1n) is 7.19. The fourth-order valence-electron chi connectivity index (χ4n) is 1.96. The number of hydrogen-bond acceptors (Lipinski definition) is 1. The zero-order valence-corrected chi connectivity index (χ0v) is 15.0.